The number of aromatic nitrogens is 2. The van der Waals surface area contributed by atoms with E-state index in [2.05, 4.69) is 28.0 Å². The van der Waals surface area contributed by atoms with Gasteiger partial charge in [-0.25, -0.2) is 0 Å². The van der Waals surface area contributed by atoms with Gasteiger partial charge in [-0.05, 0) is 26.0 Å². The molecule has 2 aromatic carbocycles. The fraction of sp³-hybridized carbons (Fsp3) is 0.375. The number of ether oxygens (including phenoxy) is 1. The van der Waals surface area contributed by atoms with E-state index < -0.39 is 0 Å². The highest BCUT2D eigenvalue weighted by Crippen LogP contribution is 2.32. The molecule has 3 aromatic rings. The van der Waals surface area contributed by atoms with Gasteiger partial charge in [0.25, 0.3) is 0 Å². The largest absolute Gasteiger partial charge is 0.485 e. The van der Waals surface area contributed by atoms with Crippen molar-refractivity contribution in [2.75, 3.05) is 31.6 Å². The minimum absolute atomic E-state index is 0.0283. The first-order chi connectivity index (χ1) is 15.0. The zero-order chi connectivity index (χ0) is 21.8. The van der Waals surface area contributed by atoms with E-state index in [1.165, 1.54) is 5.56 Å². The van der Waals surface area contributed by atoms with E-state index in [0.717, 1.165) is 30.1 Å². The number of hydrogen-bond acceptors (Lipinski definition) is 6. The monoisotopic (exact) mass is 420 g/mol. The molecule has 1 aromatic heterocycles. The lowest BCUT2D eigenvalue weighted by molar-refractivity contribution is -0.131. The van der Waals surface area contributed by atoms with Gasteiger partial charge in [0.2, 0.25) is 17.6 Å². The molecule has 0 radical (unpaired) electrons. The van der Waals surface area contributed by atoms with Crippen molar-refractivity contribution in [1.82, 2.24) is 15.0 Å². The topological polar surface area (TPSA) is 71.7 Å². The Labute approximate surface area is 182 Å². The molecule has 1 unspecified atom stereocenters. The molecule has 0 saturated carbocycles. The molecule has 0 bridgehead atoms. The van der Waals surface area contributed by atoms with E-state index in [4.69, 9.17) is 9.26 Å². The molecule has 0 spiro atoms. The number of likely N-dealkylation sites (N-methyl/N-ethyl adjacent to an activating group) is 2. The van der Waals surface area contributed by atoms with E-state index in [-0.39, 0.29) is 12.0 Å². The van der Waals surface area contributed by atoms with Gasteiger partial charge in [0, 0.05) is 32.0 Å². The molecule has 1 aliphatic heterocycles. The molecule has 1 aliphatic rings. The molecule has 7 nitrogen and oxygen atoms in total. The first-order valence-electron chi connectivity index (χ1n) is 10.7. The Bertz CT molecular complexity index is 1030. The van der Waals surface area contributed by atoms with Crippen LogP contribution in [0.3, 0.4) is 0 Å². The molecule has 0 aliphatic carbocycles. The number of nitrogens with zero attached hydrogens (tertiary/aromatic N) is 4. The lowest BCUT2D eigenvalue weighted by Gasteiger charge is -2.37. The molecule has 7 heteroatoms. The predicted molar refractivity (Wildman–Crippen MR) is 119 cm³/mol. The van der Waals surface area contributed by atoms with Gasteiger partial charge >= 0.3 is 0 Å². The first kappa shape index (κ1) is 20.9. The van der Waals surface area contributed by atoms with Crippen LogP contribution in [0, 0.1) is 6.92 Å². The Hall–Kier alpha value is -3.35. The van der Waals surface area contributed by atoms with Gasteiger partial charge in [-0.1, -0.05) is 47.1 Å². The third kappa shape index (κ3) is 4.87. The van der Waals surface area contributed by atoms with E-state index in [9.17, 15) is 4.79 Å². The zero-order valence-electron chi connectivity index (χ0n) is 18.2. The molecular formula is C24H28N4O3. The highest BCUT2D eigenvalue weighted by atomic mass is 16.5. The fourth-order valence-electron chi connectivity index (χ4n) is 3.76. The molecule has 0 saturated heterocycles. The standard InChI is InChI=1S/C24H28N4O3/c1-4-28-16-19(30-21-8-6-5-7-20(21)28)15-27(3)23(29)14-13-22-25-24(26-31-22)18-11-9-17(2)10-12-18/h5-12,19H,4,13-16H2,1-3H3. The van der Waals surface area contributed by atoms with E-state index in [1.54, 1.807) is 4.90 Å². The summed E-state index contributed by atoms with van der Waals surface area (Å²) in [5, 5.41) is 4.04. The first-order valence-corrected chi connectivity index (χ1v) is 10.7. The predicted octanol–water partition coefficient (Wildman–Crippen LogP) is 3.72. The van der Waals surface area contributed by atoms with E-state index >= 15 is 0 Å². The third-order valence-corrected chi connectivity index (χ3v) is 5.54. The van der Waals surface area contributed by atoms with Gasteiger partial charge in [0.05, 0.1) is 18.8 Å². The van der Waals surface area contributed by atoms with E-state index in [0.29, 0.717) is 31.1 Å². The molecule has 31 heavy (non-hydrogen) atoms. The number of carbonyl (C=O) groups is 1. The van der Waals surface area contributed by atoms with Crippen LogP contribution in [0.25, 0.3) is 11.4 Å². The van der Waals surface area contributed by atoms with E-state index in [1.807, 2.05) is 56.4 Å². The summed E-state index contributed by atoms with van der Waals surface area (Å²) in [6.45, 7) is 6.35. The summed E-state index contributed by atoms with van der Waals surface area (Å²) in [5.41, 5.74) is 3.18. The average Bonchev–Trinajstić information content (AvgIpc) is 3.26. The van der Waals surface area contributed by atoms with Crippen LogP contribution in [-0.2, 0) is 11.2 Å². The molecule has 2 heterocycles. The zero-order valence-corrected chi connectivity index (χ0v) is 18.2. The molecule has 1 atom stereocenters. The number of fused-ring (bicyclic) bond motifs is 1. The van der Waals surface area contributed by atoms with Gasteiger partial charge in [0.15, 0.2) is 0 Å². The number of rotatable bonds is 7. The van der Waals surface area contributed by atoms with Crippen LogP contribution in [0.4, 0.5) is 5.69 Å². The van der Waals surface area contributed by atoms with Gasteiger partial charge in [-0.3, -0.25) is 4.79 Å². The number of amides is 1. The molecule has 0 N–H and O–H groups in total. The Morgan fingerprint density at radius 1 is 1.19 bits per heavy atom. The van der Waals surface area contributed by atoms with Crippen molar-refractivity contribution >= 4 is 11.6 Å². The van der Waals surface area contributed by atoms with Gasteiger partial charge in [-0.15, -0.1) is 0 Å². The van der Waals surface area contributed by atoms with Crippen LogP contribution in [0.1, 0.15) is 24.8 Å². The van der Waals surface area contributed by atoms with Crippen molar-refractivity contribution in [3.63, 3.8) is 0 Å². The summed E-state index contributed by atoms with van der Waals surface area (Å²) in [7, 11) is 1.81. The molecular weight excluding hydrogens is 392 g/mol. The Morgan fingerprint density at radius 3 is 2.74 bits per heavy atom. The van der Waals surface area contributed by atoms with Crippen LogP contribution in [0.15, 0.2) is 53.1 Å². The number of benzene rings is 2. The fourth-order valence-corrected chi connectivity index (χ4v) is 3.76. The Balaban J connectivity index is 1.31. The van der Waals surface area contributed by atoms with Crippen LogP contribution in [0.5, 0.6) is 5.75 Å². The van der Waals surface area contributed by atoms with Crippen LogP contribution < -0.4 is 9.64 Å². The summed E-state index contributed by atoms with van der Waals surface area (Å²) in [6.07, 6.45) is 0.657. The maximum Gasteiger partial charge on any atom is 0.227 e. The Kier molecular flexibility index (Phi) is 6.21. The highest BCUT2D eigenvalue weighted by Gasteiger charge is 2.26. The quantitative estimate of drug-likeness (QED) is 0.580. The molecule has 1 amide bonds. The third-order valence-electron chi connectivity index (χ3n) is 5.54. The second-order valence-corrected chi connectivity index (χ2v) is 7.90. The molecule has 162 valence electrons. The summed E-state index contributed by atoms with van der Waals surface area (Å²) >= 11 is 0. The Morgan fingerprint density at radius 2 is 1.97 bits per heavy atom. The molecule has 0 fully saturated rings. The van der Waals surface area contributed by atoms with Crippen LogP contribution in [0.2, 0.25) is 0 Å². The maximum atomic E-state index is 12.7. The van der Waals surface area contributed by atoms with Crippen LogP contribution in [-0.4, -0.2) is 53.7 Å². The number of carbonyl (C=O) groups excluding carboxylic acids is 1. The molecule has 4 rings (SSSR count). The lowest BCUT2D eigenvalue weighted by Crippen LogP contribution is -2.46. The SMILES string of the molecule is CCN1CC(CN(C)C(=O)CCc2nc(-c3ccc(C)cc3)no2)Oc2ccccc21. The summed E-state index contributed by atoms with van der Waals surface area (Å²) in [6, 6.07) is 16.0. The van der Waals surface area contributed by atoms with Crippen molar-refractivity contribution in [3.8, 4) is 17.1 Å². The smallest absolute Gasteiger partial charge is 0.227 e. The van der Waals surface area contributed by atoms with Gasteiger partial charge in [0.1, 0.15) is 11.9 Å². The number of hydrogen-bond donors (Lipinski definition) is 0. The maximum absolute atomic E-state index is 12.7. The van der Waals surface area contributed by atoms with Crippen molar-refractivity contribution in [3.05, 3.63) is 60.0 Å². The summed E-state index contributed by atoms with van der Waals surface area (Å²) < 4.78 is 11.5. The average molecular weight is 421 g/mol. The minimum Gasteiger partial charge on any atom is -0.485 e. The van der Waals surface area contributed by atoms with Crippen molar-refractivity contribution in [2.24, 2.45) is 0 Å². The van der Waals surface area contributed by atoms with Crippen molar-refractivity contribution in [1.29, 1.82) is 0 Å². The number of aryl methyl sites for hydroxylation is 2. The van der Waals surface area contributed by atoms with Crippen molar-refractivity contribution in [2.45, 2.75) is 32.8 Å². The van der Waals surface area contributed by atoms with Gasteiger partial charge in [-0.2, -0.15) is 4.98 Å². The van der Waals surface area contributed by atoms with Gasteiger partial charge < -0.3 is 19.1 Å². The summed E-state index contributed by atoms with van der Waals surface area (Å²) in [5.74, 6) is 1.92. The number of para-hydroxylation sites is 2. The normalized spacial score (nSPS) is 15.3. The second-order valence-electron chi connectivity index (χ2n) is 7.90. The minimum atomic E-state index is -0.0691. The summed E-state index contributed by atoms with van der Waals surface area (Å²) in [4.78, 5) is 21.1. The highest BCUT2D eigenvalue weighted by molar-refractivity contribution is 5.76. The lowest BCUT2D eigenvalue weighted by atomic mass is 10.1. The van der Waals surface area contributed by atoms with Crippen LogP contribution >= 0.6 is 0 Å². The number of anilines is 1. The second kappa shape index (κ2) is 9.20. The van der Waals surface area contributed by atoms with Crippen molar-refractivity contribution < 1.29 is 14.1 Å².